The Labute approximate surface area is 112 Å². The predicted octanol–water partition coefficient (Wildman–Crippen LogP) is 4.32. The first-order chi connectivity index (χ1) is 7.63. The van der Waals surface area contributed by atoms with Gasteiger partial charge in [-0.2, -0.15) is 0 Å². The Kier molecular flexibility index (Phi) is 6.47. The molecule has 2 unspecified atom stereocenters. The summed E-state index contributed by atoms with van der Waals surface area (Å²) in [5.41, 5.74) is 0. The fraction of sp³-hybridized carbons (Fsp3) is 0.538. The highest BCUT2D eigenvalue weighted by Gasteiger charge is 2.07. The lowest BCUT2D eigenvalue weighted by molar-refractivity contribution is 0.537. The second-order valence-electron chi connectivity index (χ2n) is 4.08. The third-order valence-electron chi connectivity index (χ3n) is 2.53. The summed E-state index contributed by atoms with van der Waals surface area (Å²) in [6.07, 6.45) is 1.19. The van der Waals surface area contributed by atoms with Crippen molar-refractivity contribution < 1.29 is 0 Å². The van der Waals surface area contributed by atoms with E-state index in [-0.39, 0.29) is 0 Å². The first-order valence-corrected chi connectivity index (χ1v) is 7.45. The quantitative estimate of drug-likeness (QED) is 0.786. The minimum atomic E-state index is 0.590. The van der Waals surface area contributed by atoms with E-state index in [0.29, 0.717) is 11.3 Å². The third-order valence-corrected chi connectivity index (χ3v) is 4.66. The van der Waals surface area contributed by atoms with Crippen molar-refractivity contribution in [2.24, 2.45) is 0 Å². The molecule has 1 aromatic carbocycles. The van der Waals surface area contributed by atoms with Crippen molar-refractivity contribution in [3.8, 4) is 0 Å². The molecule has 0 fully saturated rings. The molecular formula is C13H20BrNS. The van der Waals surface area contributed by atoms with Crippen LogP contribution < -0.4 is 5.32 Å². The van der Waals surface area contributed by atoms with Crippen LogP contribution in [0.1, 0.15) is 27.2 Å². The minimum Gasteiger partial charge on any atom is -0.313 e. The van der Waals surface area contributed by atoms with Gasteiger partial charge in [0.15, 0.2) is 0 Å². The van der Waals surface area contributed by atoms with Crippen LogP contribution in [0.4, 0.5) is 0 Å². The van der Waals surface area contributed by atoms with Gasteiger partial charge in [0.2, 0.25) is 0 Å². The van der Waals surface area contributed by atoms with Crippen LogP contribution in [0.5, 0.6) is 0 Å². The summed E-state index contributed by atoms with van der Waals surface area (Å²) in [5, 5.41) is 4.13. The monoisotopic (exact) mass is 301 g/mol. The zero-order valence-electron chi connectivity index (χ0n) is 10.2. The van der Waals surface area contributed by atoms with Gasteiger partial charge in [-0.1, -0.05) is 26.0 Å². The Hall–Kier alpha value is 0.01000. The normalized spacial score (nSPS) is 14.8. The molecule has 1 rings (SSSR count). The molecule has 2 atom stereocenters. The third kappa shape index (κ3) is 4.89. The number of thioether (sulfide) groups is 1. The molecule has 0 saturated heterocycles. The van der Waals surface area contributed by atoms with Crippen molar-refractivity contribution >= 4 is 27.7 Å². The number of benzene rings is 1. The Balaban J connectivity index is 2.40. The smallest absolute Gasteiger partial charge is 0.0311 e. The maximum atomic E-state index is 3.58. The van der Waals surface area contributed by atoms with E-state index in [1.54, 1.807) is 0 Å². The number of hydrogen-bond acceptors (Lipinski definition) is 2. The van der Waals surface area contributed by atoms with Gasteiger partial charge in [-0.25, -0.2) is 0 Å². The number of nitrogens with one attached hydrogen (secondary N) is 1. The van der Waals surface area contributed by atoms with Crippen LogP contribution in [0, 0.1) is 0 Å². The minimum absolute atomic E-state index is 0.590. The van der Waals surface area contributed by atoms with Gasteiger partial charge in [0.05, 0.1) is 0 Å². The zero-order valence-corrected chi connectivity index (χ0v) is 12.6. The second-order valence-corrected chi connectivity index (χ2v) is 6.41. The van der Waals surface area contributed by atoms with Gasteiger partial charge in [-0.05, 0) is 41.4 Å². The lowest BCUT2D eigenvalue weighted by Gasteiger charge is -2.16. The van der Waals surface area contributed by atoms with Gasteiger partial charge >= 0.3 is 0 Å². The van der Waals surface area contributed by atoms with Gasteiger partial charge in [-0.15, -0.1) is 11.8 Å². The molecule has 0 aliphatic carbocycles. The van der Waals surface area contributed by atoms with Crippen LogP contribution in [-0.4, -0.2) is 17.8 Å². The molecule has 16 heavy (non-hydrogen) atoms. The van der Waals surface area contributed by atoms with Crippen molar-refractivity contribution in [2.75, 3.05) is 6.54 Å². The van der Waals surface area contributed by atoms with Gasteiger partial charge in [0.25, 0.3) is 0 Å². The van der Waals surface area contributed by atoms with Gasteiger partial charge in [0, 0.05) is 27.2 Å². The van der Waals surface area contributed by atoms with Crippen molar-refractivity contribution in [3.05, 3.63) is 28.7 Å². The lowest BCUT2D eigenvalue weighted by atomic mass is 10.2. The molecule has 0 saturated carbocycles. The summed E-state index contributed by atoms with van der Waals surface area (Å²) in [6.45, 7) is 7.76. The standard InChI is InChI=1S/C13H20BrNS/c1-4-10(2)15-9-11(3)16-13-8-6-5-7-12(13)14/h5-8,10-11,15H,4,9H2,1-3H3. The average Bonchev–Trinajstić information content (AvgIpc) is 2.29. The number of halogens is 1. The molecule has 1 aromatic rings. The van der Waals surface area contributed by atoms with E-state index in [9.17, 15) is 0 Å². The average molecular weight is 302 g/mol. The second kappa shape index (κ2) is 7.36. The van der Waals surface area contributed by atoms with E-state index >= 15 is 0 Å². The van der Waals surface area contributed by atoms with Gasteiger partial charge < -0.3 is 5.32 Å². The molecule has 1 N–H and O–H groups in total. The number of rotatable bonds is 6. The molecule has 0 heterocycles. The van der Waals surface area contributed by atoms with Crippen molar-refractivity contribution in [1.82, 2.24) is 5.32 Å². The van der Waals surface area contributed by atoms with E-state index in [0.717, 1.165) is 6.54 Å². The maximum absolute atomic E-state index is 3.58. The molecule has 0 aromatic heterocycles. The van der Waals surface area contributed by atoms with Crippen LogP contribution in [0.3, 0.4) is 0 Å². The van der Waals surface area contributed by atoms with Crippen LogP contribution in [0.2, 0.25) is 0 Å². The first kappa shape index (κ1) is 14.1. The summed E-state index contributed by atoms with van der Waals surface area (Å²) in [4.78, 5) is 1.32. The molecular weight excluding hydrogens is 282 g/mol. The van der Waals surface area contributed by atoms with Crippen LogP contribution in [0.15, 0.2) is 33.6 Å². The predicted molar refractivity (Wildman–Crippen MR) is 77.2 cm³/mol. The van der Waals surface area contributed by atoms with Crippen molar-refractivity contribution in [1.29, 1.82) is 0 Å². The molecule has 0 spiro atoms. The SMILES string of the molecule is CCC(C)NCC(C)Sc1ccccc1Br. The Morgan fingerprint density at radius 1 is 1.31 bits per heavy atom. The Morgan fingerprint density at radius 3 is 2.62 bits per heavy atom. The molecule has 0 bridgehead atoms. The molecule has 90 valence electrons. The molecule has 0 aliphatic rings. The Morgan fingerprint density at radius 2 is 2.00 bits per heavy atom. The van der Waals surface area contributed by atoms with Crippen LogP contribution in [-0.2, 0) is 0 Å². The molecule has 0 aliphatic heterocycles. The molecule has 1 nitrogen and oxygen atoms in total. The van der Waals surface area contributed by atoms with E-state index in [2.05, 4.69) is 66.3 Å². The fourth-order valence-corrected chi connectivity index (χ4v) is 2.83. The van der Waals surface area contributed by atoms with E-state index < -0.39 is 0 Å². The molecule has 0 radical (unpaired) electrons. The van der Waals surface area contributed by atoms with Crippen LogP contribution in [0.25, 0.3) is 0 Å². The summed E-state index contributed by atoms with van der Waals surface area (Å²) < 4.78 is 1.19. The topological polar surface area (TPSA) is 12.0 Å². The lowest BCUT2D eigenvalue weighted by Crippen LogP contribution is -2.30. The zero-order chi connectivity index (χ0) is 12.0. The molecule has 0 amide bonds. The van der Waals surface area contributed by atoms with E-state index in [4.69, 9.17) is 0 Å². The Bertz CT molecular complexity index is 317. The van der Waals surface area contributed by atoms with E-state index in [1.807, 2.05) is 11.8 Å². The van der Waals surface area contributed by atoms with Gasteiger partial charge in [0.1, 0.15) is 0 Å². The summed E-state index contributed by atoms with van der Waals surface area (Å²) in [7, 11) is 0. The van der Waals surface area contributed by atoms with E-state index in [1.165, 1.54) is 15.8 Å². The highest BCUT2D eigenvalue weighted by molar-refractivity contribution is 9.10. The summed E-state index contributed by atoms with van der Waals surface area (Å²) >= 11 is 5.49. The maximum Gasteiger partial charge on any atom is 0.0311 e. The summed E-state index contributed by atoms with van der Waals surface area (Å²) in [6, 6.07) is 9.01. The molecule has 3 heteroatoms. The van der Waals surface area contributed by atoms with Gasteiger partial charge in [-0.3, -0.25) is 0 Å². The summed E-state index contributed by atoms with van der Waals surface area (Å²) in [5.74, 6) is 0. The van der Waals surface area contributed by atoms with Crippen LogP contribution >= 0.6 is 27.7 Å². The largest absolute Gasteiger partial charge is 0.313 e. The fourth-order valence-electron chi connectivity index (χ4n) is 1.31. The van der Waals surface area contributed by atoms with Crippen molar-refractivity contribution in [2.45, 2.75) is 43.4 Å². The number of hydrogen-bond donors (Lipinski definition) is 1. The highest BCUT2D eigenvalue weighted by atomic mass is 79.9. The van der Waals surface area contributed by atoms with Crippen molar-refractivity contribution in [3.63, 3.8) is 0 Å². The first-order valence-electron chi connectivity index (χ1n) is 5.78. The highest BCUT2D eigenvalue weighted by Crippen LogP contribution is 2.29.